The maximum Gasteiger partial charge on any atom is 0.123 e. The summed E-state index contributed by atoms with van der Waals surface area (Å²) in [5.74, 6) is 0.269. The highest BCUT2D eigenvalue weighted by atomic mass is 16.1. The van der Waals surface area contributed by atoms with Gasteiger partial charge < -0.3 is 10.5 Å². The average molecular weight is 143 g/mol. The molecule has 0 aliphatic heterocycles. The van der Waals surface area contributed by atoms with E-state index in [-0.39, 0.29) is 5.92 Å². The third kappa shape index (κ3) is 2.97. The van der Waals surface area contributed by atoms with Crippen LogP contribution in [0.15, 0.2) is 0 Å². The number of carbonyl (C=O) groups is 1. The minimum atomic E-state index is 0.269. The zero-order valence-corrected chi connectivity index (χ0v) is 6.84. The molecular formula is C8H17NO. The maximum absolute atomic E-state index is 10.1. The van der Waals surface area contributed by atoms with Crippen molar-refractivity contribution in [2.45, 2.75) is 39.2 Å². The standard InChI is InChI=1S/C6H11NO.C2H6/c7-6-2-1-5(3-6)4-8;1-2/h4-6H,1-3,7H2;1-2H3/t5-,6+;/m1./s1. The number of hydrogen-bond acceptors (Lipinski definition) is 2. The van der Waals surface area contributed by atoms with Gasteiger partial charge in [0.05, 0.1) is 0 Å². The molecule has 0 bridgehead atoms. The van der Waals surface area contributed by atoms with Crippen molar-refractivity contribution in [3.8, 4) is 0 Å². The van der Waals surface area contributed by atoms with Gasteiger partial charge in [0, 0.05) is 12.0 Å². The van der Waals surface area contributed by atoms with Crippen molar-refractivity contribution >= 4 is 6.29 Å². The molecule has 0 saturated heterocycles. The molecule has 0 aromatic rings. The molecule has 1 rings (SSSR count). The van der Waals surface area contributed by atoms with Gasteiger partial charge in [-0.05, 0) is 19.3 Å². The highest BCUT2D eigenvalue weighted by Gasteiger charge is 2.20. The third-order valence-electron chi connectivity index (χ3n) is 1.71. The van der Waals surface area contributed by atoms with Crippen LogP contribution < -0.4 is 5.73 Å². The number of hydrogen-bond donors (Lipinski definition) is 1. The zero-order chi connectivity index (χ0) is 7.98. The molecule has 2 heteroatoms. The van der Waals surface area contributed by atoms with Crippen molar-refractivity contribution in [3.63, 3.8) is 0 Å². The normalized spacial score (nSPS) is 30.7. The van der Waals surface area contributed by atoms with E-state index >= 15 is 0 Å². The van der Waals surface area contributed by atoms with E-state index in [2.05, 4.69) is 0 Å². The maximum atomic E-state index is 10.1. The Balaban J connectivity index is 0.000000371. The van der Waals surface area contributed by atoms with Crippen molar-refractivity contribution in [2.75, 3.05) is 0 Å². The SMILES string of the molecule is CC.N[C@H]1CC[C@@H](C=O)C1. The Kier molecular flexibility index (Phi) is 5.22. The fourth-order valence-corrected chi connectivity index (χ4v) is 1.18. The Labute approximate surface area is 62.8 Å². The van der Waals surface area contributed by atoms with Crippen LogP contribution in [0.1, 0.15) is 33.1 Å². The van der Waals surface area contributed by atoms with Gasteiger partial charge in [0.2, 0.25) is 0 Å². The molecule has 0 unspecified atom stereocenters. The van der Waals surface area contributed by atoms with Gasteiger partial charge in [-0.2, -0.15) is 0 Å². The molecule has 0 aromatic heterocycles. The highest BCUT2D eigenvalue weighted by molar-refractivity contribution is 5.54. The molecule has 10 heavy (non-hydrogen) atoms. The van der Waals surface area contributed by atoms with E-state index in [9.17, 15) is 4.79 Å². The molecule has 2 N–H and O–H groups in total. The summed E-state index contributed by atoms with van der Waals surface area (Å²) in [5, 5.41) is 0. The minimum Gasteiger partial charge on any atom is -0.328 e. The first-order chi connectivity index (χ1) is 4.83. The Hall–Kier alpha value is -0.370. The molecular weight excluding hydrogens is 126 g/mol. The second kappa shape index (κ2) is 5.42. The second-order valence-corrected chi connectivity index (χ2v) is 2.47. The molecule has 2 atom stereocenters. The van der Waals surface area contributed by atoms with Crippen LogP contribution >= 0.6 is 0 Å². The van der Waals surface area contributed by atoms with Gasteiger partial charge in [0.1, 0.15) is 6.29 Å². The molecule has 0 spiro atoms. The van der Waals surface area contributed by atoms with Gasteiger partial charge in [0.15, 0.2) is 0 Å². The van der Waals surface area contributed by atoms with Gasteiger partial charge in [-0.15, -0.1) is 0 Å². The minimum absolute atomic E-state index is 0.269. The monoisotopic (exact) mass is 143 g/mol. The molecule has 0 amide bonds. The van der Waals surface area contributed by atoms with Crippen LogP contribution in [-0.2, 0) is 4.79 Å². The first-order valence-electron chi connectivity index (χ1n) is 4.04. The van der Waals surface area contributed by atoms with E-state index in [0.717, 1.165) is 25.5 Å². The van der Waals surface area contributed by atoms with Crippen LogP contribution in [0.2, 0.25) is 0 Å². The lowest BCUT2D eigenvalue weighted by Gasteiger charge is -1.96. The van der Waals surface area contributed by atoms with E-state index in [1.54, 1.807) is 0 Å². The van der Waals surface area contributed by atoms with E-state index in [1.165, 1.54) is 0 Å². The topological polar surface area (TPSA) is 43.1 Å². The molecule has 60 valence electrons. The third-order valence-corrected chi connectivity index (χ3v) is 1.71. The van der Waals surface area contributed by atoms with Crippen LogP contribution in [-0.4, -0.2) is 12.3 Å². The number of nitrogens with two attached hydrogens (primary N) is 1. The smallest absolute Gasteiger partial charge is 0.123 e. The Morgan fingerprint density at radius 1 is 1.40 bits per heavy atom. The molecule has 1 fully saturated rings. The van der Waals surface area contributed by atoms with Gasteiger partial charge >= 0.3 is 0 Å². The summed E-state index contributed by atoms with van der Waals surface area (Å²) >= 11 is 0. The first-order valence-corrected chi connectivity index (χ1v) is 4.04. The predicted octanol–water partition coefficient (Wildman–Crippen LogP) is 1.34. The second-order valence-electron chi connectivity index (χ2n) is 2.47. The van der Waals surface area contributed by atoms with Crippen molar-refractivity contribution in [1.82, 2.24) is 0 Å². The number of aldehydes is 1. The largest absolute Gasteiger partial charge is 0.328 e. The molecule has 1 aliphatic carbocycles. The Morgan fingerprint density at radius 2 is 2.00 bits per heavy atom. The summed E-state index contributed by atoms with van der Waals surface area (Å²) in [7, 11) is 0. The zero-order valence-electron chi connectivity index (χ0n) is 6.84. The molecule has 2 nitrogen and oxygen atoms in total. The quantitative estimate of drug-likeness (QED) is 0.563. The summed E-state index contributed by atoms with van der Waals surface area (Å²) in [4.78, 5) is 10.1. The lowest BCUT2D eigenvalue weighted by atomic mass is 10.1. The Morgan fingerprint density at radius 3 is 2.20 bits per heavy atom. The van der Waals surface area contributed by atoms with Crippen LogP contribution in [0, 0.1) is 5.92 Å². The van der Waals surface area contributed by atoms with E-state index in [4.69, 9.17) is 5.73 Å². The van der Waals surface area contributed by atoms with E-state index < -0.39 is 0 Å². The van der Waals surface area contributed by atoms with E-state index in [0.29, 0.717) is 6.04 Å². The molecule has 1 saturated carbocycles. The van der Waals surface area contributed by atoms with Crippen molar-refractivity contribution in [2.24, 2.45) is 11.7 Å². The lowest BCUT2D eigenvalue weighted by molar-refractivity contribution is -0.110. The van der Waals surface area contributed by atoms with Crippen LogP contribution in [0.5, 0.6) is 0 Å². The summed E-state index contributed by atoms with van der Waals surface area (Å²) < 4.78 is 0. The average Bonchev–Trinajstić information content (AvgIpc) is 2.40. The van der Waals surface area contributed by atoms with Crippen molar-refractivity contribution in [1.29, 1.82) is 0 Å². The first kappa shape index (κ1) is 9.63. The molecule has 0 radical (unpaired) electrons. The molecule has 1 aliphatic rings. The van der Waals surface area contributed by atoms with Crippen LogP contribution in [0.4, 0.5) is 0 Å². The number of carbonyl (C=O) groups excluding carboxylic acids is 1. The van der Waals surface area contributed by atoms with E-state index in [1.807, 2.05) is 13.8 Å². The summed E-state index contributed by atoms with van der Waals surface area (Å²) in [5.41, 5.74) is 5.54. The molecule has 0 heterocycles. The summed E-state index contributed by atoms with van der Waals surface area (Å²) in [6.45, 7) is 4.00. The highest BCUT2D eigenvalue weighted by Crippen LogP contribution is 2.21. The van der Waals surface area contributed by atoms with Crippen molar-refractivity contribution < 1.29 is 4.79 Å². The summed E-state index contributed by atoms with van der Waals surface area (Å²) in [6.07, 6.45) is 3.96. The van der Waals surface area contributed by atoms with Crippen molar-refractivity contribution in [3.05, 3.63) is 0 Å². The van der Waals surface area contributed by atoms with Gasteiger partial charge in [0.25, 0.3) is 0 Å². The predicted molar refractivity (Wildman–Crippen MR) is 42.7 cm³/mol. The number of rotatable bonds is 1. The van der Waals surface area contributed by atoms with Gasteiger partial charge in [-0.1, -0.05) is 13.8 Å². The Bertz CT molecular complexity index is 93.3. The fraction of sp³-hybridized carbons (Fsp3) is 0.875. The summed E-state index contributed by atoms with van der Waals surface area (Å²) in [6, 6.07) is 0.296. The van der Waals surface area contributed by atoms with Gasteiger partial charge in [-0.3, -0.25) is 0 Å². The van der Waals surface area contributed by atoms with Gasteiger partial charge in [-0.25, -0.2) is 0 Å². The van der Waals surface area contributed by atoms with Crippen LogP contribution in [0.25, 0.3) is 0 Å². The van der Waals surface area contributed by atoms with Crippen LogP contribution in [0.3, 0.4) is 0 Å². The lowest BCUT2D eigenvalue weighted by Crippen LogP contribution is -2.14. The fourth-order valence-electron chi connectivity index (χ4n) is 1.18. The molecule has 0 aromatic carbocycles.